The summed E-state index contributed by atoms with van der Waals surface area (Å²) in [6.07, 6.45) is 11.6. The molecule has 0 radical (unpaired) electrons. The molecule has 2 aliphatic rings. The van der Waals surface area contributed by atoms with Gasteiger partial charge in [-0.25, -0.2) is 8.78 Å². The Balaban J connectivity index is 0.000000168. The van der Waals surface area contributed by atoms with Crippen LogP contribution in [0.1, 0.15) is 87.2 Å². The van der Waals surface area contributed by atoms with Gasteiger partial charge in [0.25, 0.3) is 0 Å². The van der Waals surface area contributed by atoms with E-state index in [1.165, 1.54) is 12.1 Å². The highest BCUT2D eigenvalue weighted by Crippen LogP contribution is 2.40. The minimum atomic E-state index is -0.713. The standard InChI is InChI=1S/2C17H18FNO2/c2*18-13-5-6-16-15(10-13)14(7-8-19-16)12-3-1-11(2-4-12)9-17(20)21/h2*5-8,10-12H,1-4,9H2,(H,20,21). The monoisotopic (exact) mass is 574 g/mol. The molecule has 0 bridgehead atoms. The molecule has 2 aliphatic carbocycles. The van der Waals surface area contributed by atoms with Gasteiger partial charge in [-0.1, -0.05) is 0 Å². The van der Waals surface area contributed by atoms with Gasteiger partial charge >= 0.3 is 11.9 Å². The number of carboxylic acid groups (broad SMARTS) is 2. The zero-order chi connectivity index (χ0) is 29.6. The summed E-state index contributed by atoms with van der Waals surface area (Å²) in [7, 11) is 0. The first kappa shape index (κ1) is 29.5. The summed E-state index contributed by atoms with van der Waals surface area (Å²) >= 11 is 0. The number of aliphatic carboxylic acids is 2. The molecule has 2 saturated carbocycles. The number of nitrogens with zero attached hydrogens (tertiary/aromatic N) is 2. The molecule has 2 heterocycles. The number of carboxylic acids is 2. The lowest BCUT2D eigenvalue weighted by atomic mass is 9.77. The fraction of sp³-hybridized carbons (Fsp3) is 0.412. The minimum absolute atomic E-state index is 0.240. The normalized spacial score (nSPS) is 22.3. The summed E-state index contributed by atoms with van der Waals surface area (Å²) in [5.74, 6) is -0.589. The average Bonchev–Trinajstić information content (AvgIpc) is 2.97. The molecule has 8 heteroatoms. The predicted octanol–water partition coefficient (Wildman–Crippen LogP) is 8.24. The van der Waals surface area contributed by atoms with Gasteiger partial charge in [-0.2, -0.15) is 0 Å². The van der Waals surface area contributed by atoms with Crippen LogP contribution in [-0.4, -0.2) is 32.1 Å². The lowest BCUT2D eigenvalue weighted by molar-refractivity contribution is -0.139. The maximum absolute atomic E-state index is 13.5. The van der Waals surface area contributed by atoms with Gasteiger partial charge in [0.15, 0.2) is 0 Å². The van der Waals surface area contributed by atoms with Gasteiger partial charge in [0.1, 0.15) is 11.6 Å². The lowest BCUT2D eigenvalue weighted by Crippen LogP contribution is -2.16. The fourth-order valence-corrected chi connectivity index (χ4v) is 6.84. The summed E-state index contributed by atoms with van der Waals surface area (Å²) < 4.78 is 27.0. The van der Waals surface area contributed by atoms with Crippen LogP contribution in [0.2, 0.25) is 0 Å². The van der Waals surface area contributed by atoms with Crippen LogP contribution in [0.5, 0.6) is 0 Å². The highest BCUT2D eigenvalue weighted by Gasteiger charge is 2.26. The van der Waals surface area contributed by atoms with Gasteiger partial charge in [-0.05, 0) is 135 Å². The molecule has 0 spiro atoms. The number of rotatable bonds is 6. The van der Waals surface area contributed by atoms with Gasteiger partial charge in [0, 0.05) is 36.0 Å². The highest BCUT2D eigenvalue weighted by atomic mass is 19.1. The molecule has 0 atom stereocenters. The van der Waals surface area contributed by atoms with E-state index in [-0.39, 0.29) is 36.3 Å². The van der Waals surface area contributed by atoms with E-state index >= 15 is 0 Å². The van der Waals surface area contributed by atoms with Crippen molar-refractivity contribution in [2.75, 3.05) is 0 Å². The second-order valence-corrected chi connectivity index (χ2v) is 11.8. The first-order chi connectivity index (χ1) is 20.3. The summed E-state index contributed by atoms with van der Waals surface area (Å²) in [4.78, 5) is 30.1. The van der Waals surface area contributed by atoms with E-state index in [1.54, 1.807) is 36.7 Å². The van der Waals surface area contributed by atoms with Crippen molar-refractivity contribution in [1.82, 2.24) is 9.97 Å². The lowest BCUT2D eigenvalue weighted by Gasteiger charge is -2.28. The third-order valence-corrected chi connectivity index (χ3v) is 8.97. The van der Waals surface area contributed by atoms with Crippen LogP contribution in [0.3, 0.4) is 0 Å². The topological polar surface area (TPSA) is 100 Å². The number of pyridine rings is 2. The van der Waals surface area contributed by atoms with Crippen molar-refractivity contribution >= 4 is 33.7 Å². The van der Waals surface area contributed by atoms with Crippen molar-refractivity contribution in [2.45, 2.75) is 76.0 Å². The summed E-state index contributed by atoms with van der Waals surface area (Å²) in [6, 6.07) is 13.4. The van der Waals surface area contributed by atoms with E-state index in [4.69, 9.17) is 10.2 Å². The molecule has 2 fully saturated rings. The number of hydrogen-bond acceptors (Lipinski definition) is 4. The van der Waals surface area contributed by atoms with Gasteiger partial charge in [0.2, 0.25) is 0 Å². The number of halogens is 2. The molecule has 6 rings (SSSR count). The van der Waals surface area contributed by atoms with Gasteiger partial charge in [0.05, 0.1) is 11.0 Å². The smallest absolute Gasteiger partial charge is 0.303 e. The van der Waals surface area contributed by atoms with Crippen molar-refractivity contribution in [2.24, 2.45) is 11.8 Å². The Hall–Kier alpha value is -3.94. The molecule has 0 amide bonds. The zero-order valence-corrected chi connectivity index (χ0v) is 23.5. The second kappa shape index (κ2) is 13.4. The van der Waals surface area contributed by atoms with Gasteiger partial charge < -0.3 is 10.2 Å². The Bertz CT molecular complexity index is 1440. The van der Waals surface area contributed by atoms with E-state index in [9.17, 15) is 18.4 Å². The van der Waals surface area contributed by atoms with E-state index in [0.717, 1.165) is 84.3 Å². The van der Waals surface area contributed by atoms with Crippen LogP contribution < -0.4 is 0 Å². The van der Waals surface area contributed by atoms with Gasteiger partial charge in [-0.15, -0.1) is 0 Å². The Labute approximate surface area is 243 Å². The third-order valence-electron chi connectivity index (χ3n) is 8.97. The number of carbonyl (C=O) groups is 2. The molecule has 0 unspecified atom stereocenters. The number of benzene rings is 2. The Morgan fingerprint density at radius 3 is 1.36 bits per heavy atom. The van der Waals surface area contributed by atoms with Crippen molar-refractivity contribution in [3.63, 3.8) is 0 Å². The molecular formula is C34H36F2N2O4. The van der Waals surface area contributed by atoms with Crippen LogP contribution in [0.4, 0.5) is 8.78 Å². The van der Waals surface area contributed by atoms with Crippen LogP contribution >= 0.6 is 0 Å². The molecule has 4 aromatic rings. The fourth-order valence-electron chi connectivity index (χ4n) is 6.84. The molecule has 2 aromatic carbocycles. The largest absolute Gasteiger partial charge is 0.481 e. The molecule has 2 aromatic heterocycles. The van der Waals surface area contributed by atoms with Crippen LogP contribution in [0.15, 0.2) is 60.9 Å². The summed E-state index contributed by atoms with van der Waals surface area (Å²) in [6.45, 7) is 0. The van der Waals surface area contributed by atoms with E-state index in [0.29, 0.717) is 11.8 Å². The Morgan fingerprint density at radius 2 is 1.00 bits per heavy atom. The summed E-state index contributed by atoms with van der Waals surface area (Å²) in [5.41, 5.74) is 3.93. The number of fused-ring (bicyclic) bond motifs is 2. The second-order valence-electron chi connectivity index (χ2n) is 11.8. The van der Waals surface area contributed by atoms with Crippen LogP contribution in [-0.2, 0) is 9.59 Å². The third kappa shape index (κ3) is 7.27. The van der Waals surface area contributed by atoms with Crippen molar-refractivity contribution in [3.8, 4) is 0 Å². The SMILES string of the molecule is O=C(O)CC1CCC(c2ccnc3ccc(F)cc23)CC1.O=C(O)CC1CCC(c2ccnc3ccc(F)cc23)CC1. The minimum Gasteiger partial charge on any atom is -0.481 e. The first-order valence-corrected chi connectivity index (χ1v) is 14.8. The maximum Gasteiger partial charge on any atom is 0.303 e. The molecular weight excluding hydrogens is 538 g/mol. The predicted molar refractivity (Wildman–Crippen MR) is 157 cm³/mol. The number of hydrogen-bond donors (Lipinski definition) is 2. The molecule has 2 N–H and O–H groups in total. The first-order valence-electron chi connectivity index (χ1n) is 14.8. The van der Waals surface area contributed by atoms with Crippen LogP contribution in [0, 0.1) is 23.5 Å². The van der Waals surface area contributed by atoms with E-state index in [2.05, 4.69) is 9.97 Å². The highest BCUT2D eigenvalue weighted by molar-refractivity contribution is 5.83. The van der Waals surface area contributed by atoms with Crippen molar-refractivity contribution in [3.05, 3.63) is 83.7 Å². The zero-order valence-electron chi connectivity index (χ0n) is 23.5. The molecule has 0 saturated heterocycles. The maximum atomic E-state index is 13.5. The molecule has 6 nitrogen and oxygen atoms in total. The molecule has 0 aliphatic heterocycles. The summed E-state index contributed by atoms with van der Waals surface area (Å²) in [5, 5.41) is 19.5. The number of aromatic nitrogens is 2. The van der Waals surface area contributed by atoms with E-state index < -0.39 is 11.9 Å². The van der Waals surface area contributed by atoms with Crippen molar-refractivity contribution in [1.29, 1.82) is 0 Å². The van der Waals surface area contributed by atoms with Crippen LogP contribution in [0.25, 0.3) is 21.8 Å². The Kier molecular flexibility index (Phi) is 9.40. The van der Waals surface area contributed by atoms with E-state index in [1.807, 2.05) is 12.1 Å². The van der Waals surface area contributed by atoms with Crippen molar-refractivity contribution < 1.29 is 28.6 Å². The Morgan fingerprint density at radius 1 is 0.619 bits per heavy atom. The quantitative estimate of drug-likeness (QED) is 0.241. The molecule has 220 valence electrons. The van der Waals surface area contributed by atoms with Gasteiger partial charge in [-0.3, -0.25) is 19.6 Å². The average molecular weight is 575 g/mol. The molecule has 42 heavy (non-hydrogen) atoms.